The second-order valence-electron chi connectivity index (χ2n) is 4.11. The van der Waals surface area contributed by atoms with Gasteiger partial charge in [0.15, 0.2) is 0 Å². The Morgan fingerprint density at radius 2 is 1.89 bits per heavy atom. The van der Waals surface area contributed by atoms with E-state index in [0.29, 0.717) is 12.0 Å². The Hall–Kier alpha value is -1.45. The summed E-state index contributed by atoms with van der Waals surface area (Å²) in [5.41, 5.74) is 7.38. The molecule has 2 aromatic rings. The minimum absolute atomic E-state index is 0.0816. The Labute approximate surface area is 109 Å². The van der Waals surface area contributed by atoms with Gasteiger partial charge in [0.25, 0.3) is 0 Å². The minimum Gasteiger partial charge on any atom is -0.324 e. The van der Waals surface area contributed by atoms with Gasteiger partial charge >= 0.3 is 0 Å². The van der Waals surface area contributed by atoms with Crippen LogP contribution in [0.25, 0.3) is 0 Å². The van der Waals surface area contributed by atoms with Crippen LogP contribution in [0.2, 0.25) is 5.02 Å². The lowest BCUT2D eigenvalue weighted by Crippen LogP contribution is -2.13. The summed E-state index contributed by atoms with van der Waals surface area (Å²) in [4.78, 5) is 0. The van der Waals surface area contributed by atoms with Gasteiger partial charge in [-0.2, -0.15) is 0 Å². The van der Waals surface area contributed by atoms with Crippen LogP contribution in [-0.2, 0) is 6.42 Å². The summed E-state index contributed by atoms with van der Waals surface area (Å²) in [5.74, 6) is -0.800. The first kappa shape index (κ1) is 13.0. The van der Waals surface area contributed by atoms with Gasteiger partial charge in [-0.15, -0.1) is 0 Å². The average Bonchev–Trinajstić information content (AvgIpc) is 2.34. The standard InChI is InChI=1S/C14H12ClF2N/c15-12-5-4-9(6-13(12)17)7-14(18)10-2-1-3-11(16)8-10/h1-6,8,14H,7,18H2. The van der Waals surface area contributed by atoms with Crippen LogP contribution in [0.5, 0.6) is 0 Å². The summed E-state index contributed by atoms with van der Waals surface area (Å²) >= 11 is 5.60. The number of halogens is 3. The van der Waals surface area contributed by atoms with Crippen molar-refractivity contribution in [3.05, 3.63) is 70.2 Å². The molecule has 0 amide bonds. The maximum Gasteiger partial charge on any atom is 0.142 e. The third-order valence-corrected chi connectivity index (χ3v) is 3.02. The van der Waals surface area contributed by atoms with Crippen LogP contribution in [0.15, 0.2) is 42.5 Å². The molecule has 2 aromatic carbocycles. The fourth-order valence-corrected chi connectivity index (χ4v) is 1.89. The Bertz CT molecular complexity index is 557. The molecule has 0 radical (unpaired) electrons. The number of hydrogen-bond donors (Lipinski definition) is 1. The Morgan fingerprint density at radius 3 is 2.56 bits per heavy atom. The van der Waals surface area contributed by atoms with Gasteiger partial charge in [-0.1, -0.05) is 29.8 Å². The zero-order valence-corrected chi connectivity index (χ0v) is 10.3. The van der Waals surface area contributed by atoms with E-state index in [9.17, 15) is 8.78 Å². The summed E-state index contributed by atoms with van der Waals surface area (Å²) in [6.45, 7) is 0. The molecule has 0 aliphatic rings. The van der Waals surface area contributed by atoms with Crippen molar-refractivity contribution in [2.45, 2.75) is 12.5 Å². The van der Waals surface area contributed by atoms with Gasteiger partial charge in [0.2, 0.25) is 0 Å². The Kier molecular flexibility index (Phi) is 3.94. The predicted molar refractivity (Wildman–Crippen MR) is 68.4 cm³/mol. The number of rotatable bonds is 3. The van der Waals surface area contributed by atoms with Gasteiger partial charge in [0.1, 0.15) is 11.6 Å². The molecule has 0 aliphatic heterocycles. The molecule has 4 heteroatoms. The van der Waals surface area contributed by atoms with Crippen molar-refractivity contribution >= 4 is 11.6 Å². The molecular weight excluding hydrogens is 256 g/mol. The molecule has 0 heterocycles. The summed E-state index contributed by atoms with van der Waals surface area (Å²) in [6, 6.07) is 10.3. The number of nitrogens with two attached hydrogens (primary N) is 1. The third kappa shape index (κ3) is 3.06. The molecule has 0 saturated heterocycles. The number of benzene rings is 2. The maximum atomic E-state index is 13.3. The van der Waals surface area contributed by atoms with Gasteiger partial charge in [0.05, 0.1) is 5.02 Å². The van der Waals surface area contributed by atoms with Gasteiger partial charge in [-0.25, -0.2) is 8.78 Å². The second kappa shape index (κ2) is 5.46. The van der Waals surface area contributed by atoms with Crippen LogP contribution in [0, 0.1) is 11.6 Å². The van der Waals surface area contributed by atoms with Crippen molar-refractivity contribution in [2.24, 2.45) is 5.73 Å². The van der Waals surface area contributed by atoms with Gasteiger partial charge in [-0.05, 0) is 41.8 Å². The van der Waals surface area contributed by atoms with E-state index in [1.807, 2.05) is 0 Å². The molecule has 0 aromatic heterocycles. The van der Waals surface area contributed by atoms with Crippen LogP contribution in [0.4, 0.5) is 8.78 Å². The quantitative estimate of drug-likeness (QED) is 0.898. The lowest BCUT2D eigenvalue weighted by atomic mass is 9.99. The lowest BCUT2D eigenvalue weighted by molar-refractivity contribution is 0.614. The van der Waals surface area contributed by atoms with Crippen molar-refractivity contribution in [3.63, 3.8) is 0 Å². The van der Waals surface area contributed by atoms with E-state index in [2.05, 4.69) is 0 Å². The SMILES string of the molecule is NC(Cc1ccc(Cl)c(F)c1)c1cccc(F)c1. The van der Waals surface area contributed by atoms with Crippen molar-refractivity contribution < 1.29 is 8.78 Å². The van der Waals surface area contributed by atoms with E-state index in [0.717, 1.165) is 5.56 Å². The molecule has 1 atom stereocenters. The fraction of sp³-hybridized carbons (Fsp3) is 0.143. The lowest BCUT2D eigenvalue weighted by Gasteiger charge is -2.12. The average molecular weight is 268 g/mol. The highest BCUT2D eigenvalue weighted by Crippen LogP contribution is 2.20. The molecule has 94 valence electrons. The number of hydrogen-bond acceptors (Lipinski definition) is 1. The smallest absolute Gasteiger partial charge is 0.142 e. The van der Waals surface area contributed by atoms with Crippen LogP contribution in [0.3, 0.4) is 0 Å². The largest absolute Gasteiger partial charge is 0.324 e. The summed E-state index contributed by atoms with van der Waals surface area (Å²) in [7, 11) is 0. The topological polar surface area (TPSA) is 26.0 Å². The highest BCUT2D eigenvalue weighted by molar-refractivity contribution is 6.30. The van der Waals surface area contributed by atoms with E-state index >= 15 is 0 Å². The summed E-state index contributed by atoms with van der Waals surface area (Å²) in [6.07, 6.45) is 0.428. The molecule has 0 spiro atoms. The molecular formula is C14H12ClF2N. The molecule has 18 heavy (non-hydrogen) atoms. The fourth-order valence-electron chi connectivity index (χ4n) is 1.78. The van der Waals surface area contributed by atoms with Gasteiger partial charge < -0.3 is 5.73 Å². The van der Waals surface area contributed by atoms with E-state index in [-0.39, 0.29) is 16.9 Å². The first-order valence-electron chi connectivity index (χ1n) is 5.51. The van der Waals surface area contributed by atoms with Crippen LogP contribution < -0.4 is 5.73 Å². The Balaban J connectivity index is 2.16. The molecule has 1 unspecified atom stereocenters. The van der Waals surface area contributed by atoms with Crippen LogP contribution in [-0.4, -0.2) is 0 Å². The zero-order chi connectivity index (χ0) is 13.1. The second-order valence-corrected chi connectivity index (χ2v) is 4.52. The monoisotopic (exact) mass is 267 g/mol. The maximum absolute atomic E-state index is 13.3. The molecule has 0 aliphatic carbocycles. The van der Waals surface area contributed by atoms with Crippen molar-refractivity contribution in [3.8, 4) is 0 Å². The minimum atomic E-state index is -0.472. The van der Waals surface area contributed by atoms with E-state index < -0.39 is 5.82 Å². The van der Waals surface area contributed by atoms with Crippen LogP contribution in [0.1, 0.15) is 17.2 Å². The Morgan fingerprint density at radius 1 is 1.11 bits per heavy atom. The van der Waals surface area contributed by atoms with Gasteiger partial charge in [-0.3, -0.25) is 0 Å². The zero-order valence-electron chi connectivity index (χ0n) is 9.54. The molecule has 1 nitrogen and oxygen atoms in total. The predicted octanol–water partition coefficient (Wildman–Crippen LogP) is 3.86. The summed E-state index contributed by atoms with van der Waals surface area (Å²) in [5, 5.41) is 0.0816. The molecule has 0 fully saturated rings. The van der Waals surface area contributed by atoms with E-state index in [1.165, 1.54) is 24.3 Å². The van der Waals surface area contributed by atoms with E-state index in [4.69, 9.17) is 17.3 Å². The molecule has 0 bridgehead atoms. The van der Waals surface area contributed by atoms with Crippen molar-refractivity contribution in [2.75, 3.05) is 0 Å². The summed E-state index contributed by atoms with van der Waals surface area (Å²) < 4.78 is 26.3. The first-order chi connectivity index (χ1) is 8.56. The highest BCUT2D eigenvalue weighted by atomic mass is 35.5. The first-order valence-corrected chi connectivity index (χ1v) is 5.89. The van der Waals surface area contributed by atoms with Crippen molar-refractivity contribution in [1.82, 2.24) is 0 Å². The third-order valence-electron chi connectivity index (χ3n) is 2.72. The normalized spacial score (nSPS) is 12.4. The molecule has 2 N–H and O–H groups in total. The molecule has 0 saturated carbocycles. The van der Waals surface area contributed by atoms with Crippen molar-refractivity contribution in [1.29, 1.82) is 0 Å². The van der Waals surface area contributed by atoms with E-state index in [1.54, 1.807) is 18.2 Å². The van der Waals surface area contributed by atoms with Crippen LogP contribution >= 0.6 is 11.6 Å². The highest BCUT2D eigenvalue weighted by Gasteiger charge is 2.09. The molecule has 2 rings (SSSR count). The van der Waals surface area contributed by atoms with Gasteiger partial charge in [0, 0.05) is 6.04 Å².